The molecule has 124 valence electrons. The highest BCUT2D eigenvalue weighted by Gasteiger charge is 2.18. The van der Waals surface area contributed by atoms with Crippen molar-refractivity contribution in [3.05, 3.63) is 83.0 Å². The van der Waals surface area contributed by atoms with Gasteiger partial charge in [-0.15, -0.1) is 0 Å². The lowest BCUT2D eigenvalue weighted by Crippen LogP contribution is -2.28. The van der Waals surface area contributed by atoms with Crippen LogP contribution in [0.15, 0.2) is 71.8 Å². The molecule has 2 aromatic heterocycles. The van der Waals surface area contributed by atoms with Crippen molar-refractivity contribution in [3.8, 4) is 5.69 Å². The zero-order valence-electron chi connectivity index (χ0n) is 13.6. The molecule has 25 heavy (non-hydrogen) atoms. The van der Waals surface area contributed by atoms with E-state index in [2.05, 4.69) is 0 Å². The van der Waals surface area contributed by atoms with Crippen molar-refractivity contribution in [1.29, 1.82) is 0 Å². The van der Waals surface area contributed by atoms with E-state index in [9.17, 15) is 9.59 Å². The number of hydrogen-bond donors (Lipinski definition) is 1. The van der Waals surface area contributed by atoms with Crippen LogP contribution in [0, 0.1) is 0 Å². The first-order chi connectivity index (χ1) is 12.1. The Kier molecular flexibility index (Phi) is 3.32. The first-order valence-electron chi connectivity index (χ1n) is 7.81. The van der Waals surface area contributed by atoms with Crippen LogP contribution in [0.2, 0.25) is 0 Å². The van der Waals surface area contributed by atoms with Gasteiger partial charge in [-0.1, -0.05) is 0 Å². The van der Waals surface area contributed by atoms with E-state index >= 15 is 0 Å². The molecule has 4 aromatic rings. The molecule has 0 aliphatic carbocycles. The lowest BCUT2D eigenvalue weighted by molar-refractivity contribution is 0.0960. The number of carbonyl (C=O) groups is 1. The molecule has 2 aromatic carbocycles. The fourth-order valence-corrected chi connectivity index (χ4v) is 2.97. The quantitative estimate of drug-likeness (QED) is 0.573. The van der Waals surface area contributed by atoms with Crippen molar-refractivity contribution in [2.45, 2.75) is 0 Å². The maximum atomic E-state index is 12.9. The topological polar surface area (TPSA) is 75.0 Å². The number of benzene rings is 2. The molecular formula is C19H16N4O2. The second-order valence-corrected chi connectivity index (χ2v) is 5.87. The summed E-state index contributed by atoms with van der Waals surface area (Å²) >= 11 is 0. The second kappa shape index (κ2) is 5.52. The van der Waals surface area contributed by atoms with Crippen molar-refractivity contribution in [2.24, 2.45) is 7.05 Å². The summed E-state index contributed by atoms with van der Waals surface area (Å²) in [5, 5.41) is 0. The summed E-state index contributed by atoms with van der Waals surface area (Å²) in [4.78, 5) is 25.4. The molecule has 0 saturated heterocycles. The number of nitrogens with two attached hydrogens (primary N) is 1. The summed E-state index contributed by atoms with van der Waals surface area (Å²) in [6, 6.07) is 16.1. The Bertz CT molecular complexity index is 1130. The summed E-state index contributed by atoms with van der Waals surface area (Å²) in [5.74, 6) is -0.375. The van der Waals surface area contributed by atoms with Crippen LogP contribution in [0.5, 0.6) is 0 Å². The average Bonchev–Trinajstić information content (AvgIpc) is 3.23. The number of nitrogens with zero attached hydrogens (tertiary/aromatic N) is 3. The SMILES string of the molecule is Cn1c(=O)n(C(=O)c2ccc(-n3cccc3)cc2)c2cc(N)ccc21. The van der Waals surface area contributed by atoms with Crippen molar-refractivity contribution in [1.82, 2.24) is 13.7 Å². The molecule has 0 aliphatic heterocycles. The van der Waals surface area contributed by atoms with E-state index in [1.807, 2.05) is 41.2 Å². The van der Waals surface area contributed by atoms with Crippen LogP contribution in [-0.2, 0) is 7.05 Å². The Labute approximate surface area is 143 Å². The number of rotatable bonds is 2. The van der Waals surface area contributed by atoms with Crippen LogP contribution in [0.3, 0.4) is 0 Å². The molecular weight excluding hydrogens is 316 g/mol. The van der Waals surface area contributed by atoms with Crippen LogP contribution >= 0.6 is 0 Å². The molecule has 6 heteroatoms. The minimum Gasteiger partial charge on any atom is -0.399 e. The van der Waals surface area contributed by atoms with Crippen LogP contribution in [0.1, 0.15) is 10.4 Å². The van der Waals surface area contributed by atoms with Crippen LogP contribution in [0.4, 0.5) is 5.69 Å². The third kappa shape index (κ3) is 2.35. The van der Waals surface area contributed by atoms with Crippen LogP contribution < -0.4 is 11.4 Å². The first kappa shape index (κ1) is 15.0. The summed E-state index contributed by atoms with van der Waals surface area (Å²) in [5.41, 5.74) is 8.49. The van der Waals surface area contributed by atoms with Gasteiger partial charge < -0.3 is 10.3 Å². The first-order valence-corrected chi connectivity index (χ1v) is 7.81. The Morgan fingerprint density at radius 3 is 2.32 bits per heavy atom. The van der Waals surface area contributed by atoms with Gasteiger partial charge in [-0.05, 0) is 54.6 Å². The normalized spacial score (nSPS) is 11.1. The van der Waals surface area contributed by atoms with Crippen molar-refractivity contribution in [3.63, 3.8) is 0 Å². The fourth-order valence-electron chi connectivity index (χ4n) is 2.97. The molecule has 0 bridgehead atoms. The molecule has 0 aliphatic rings. The molecule has 2 heterocycles. The summed E-state index contributed by atoms with van der Waals surface area (Å²) in [6.07, 6.45) is 3.85. The van der Waals surface area contributed by atoms with E-state index in [-0.39, 0.29) is 11.6 Å². The van der Waals surface area contributed by atoms with E-state index in [1.165, 1.54) is 4.57 Å². The molecule has 6 nitrogen and oxygen atoms in total. The Morgan fingerprint density at radius 2 is 1.64 bits per heavy atom. The average molecular weight is 332 g/mol. The van der Waals surface area contributed by atoms with Gasteiger partial charge in [0.25, 0.3) is 5.91 Å². The Hall–Kier alpha value is -3.54. The highest BCUT2D eigenvalue weighted by atomic mass is 16.2. The van der Waals surface area contributed by atoms with Crippen molar-refractivity contribution in [2.75, 3.05) is 5.73 Å². The van der Waals surface area contributed by atoms with Gasteiger partial charge in [-0.3, -0.25) is 9.36 Å². The number of nitrogen functional groups attached to an aromatic ring is 1. The summed E-state index contributed by atoms with van der Waals surface area (Å²) in [6.45, 7) is 0. The predicted molar refractivity (Wildman–Crippen MR) is 97.1 cm³/mol. The van der Waals surface area contributed by atoms with E-state index < -0.39 is 0 Å². The van der Waals surface area contributed by atoms with Crippen LogP contribution in [-0.4, -0.2) is 19.6 Å². The number of carbonyl (C=O) groups excluding carboxylic acids is 1. The van der Waals surface area contributed by atoms with E-state index in [4.69, 9.17) is 5.73 Å². The molecule has 0 unspecified atom stereocenters. The largest absolute Gasteiger partial charge is 0.399 e. The van der Waals surface area contributed by atoms with Gasteiger partial charge in [0.2, 0.25) is 0 Å². The summed E-state index contributed by atoms with van der Waals surface area (Å²) < 4.78 is 4.55. The summed E-state index contributed by atoms with van der Waals surface area (Å²) in [7, 11) is 1.64. The number of aromatic nitrogens is 3. The monoisotopic (exact) mass is 332 g/mol. The van der Waals surface area contributed by atoms with Gasteiger partial charge >= 0.3 is 5.69 Å². The molecule has 0 fully saturated rings. The van der Waals surface area contributed by atoms with Gasteiger partial charge in [-0.25, -0.2) is 9.36 Å². The molecule has 0 radical (unpaired) electrons. The number of hydrogen-bond acceptors (Lipinski definition) is 3. The Morgan fingerprint density at radius 1 is 0.960 bits per heavy atom. The Balaban J connectivity index is 1.81. The molecule has 4 rings (SSSR count). The molecule has 0 atom stereocenters. The zero-order valence-corrected chi connectivity index (χ0v) is 13.6. The van der Waals surface area contributed by atoms with Gasteiger partial charge in [0.05, 0.1) is 11.0 Å². The predicted octanol–water partition coefficient (Wildman–Crippen LogP) is 2.40. The lowest BCUT2D eigenvalue weighted by atomic mass is 10.2. The molecule has 0 spiro atoms. The third-order valence-corrected chi connectivity index (χ3v) is 4.30. The second-order valence-electron chi connectivity index (χ2n) is 5.87. The third-order valence-electron chi connectivity index (χ3n) is 4.30. The van der Waals surface area contributed by atoms with E-state index in [0.717, 1.165) is 10.3 Å². The van der Waals surface area contributed by atoms with E-state index in [0.29, 0.717) is 22.3 Å². The minimum atomic E-state index is -0.389. The highest BCUT2D eigenvalue weighted by molar-refractivity contribution is 6.01. The minimum absolute atomic E-state index is 0.375. The zero-order chi connectivity index (χ0) is 17.6. The number of imidazole rings is 1. The fraction of sp³-hybridized carbons (Fsp3) is 0.0526. The maximum Gasteiger partial charge on any atom is 0.335 e. The standard InChI is InChI=1S/C19H16N4O2/c1-21-16-9-6-14(20)12-17(16)23(19(21)25)18(24)13-4-7-15(8-5-13)22-10-2-3-11-22/h2-12H,20H2,1H3. The molecule has 0 amide bonds. The van der Waals surface area contributed by atoms with Gasteiger partial charge in [0.1, 0.15) is 0 Å². The number of anilines is 1. The molecule has 0 saturated carbocycles. The lowest BCUT2D eigenvalue weighted by Gasteiger charge is -2.06. The van der Waals surface area contributed by atoms with Crippen molar-refractivity contribution >= 4 is 22.6 Å². The highest BCUT2D eigenvalue weighted by Crippen LogP contribution is 2.18. The molecule has 2 N–H and O–H groups in total. The van der Waals surface area contributed by atoms with Gasteiger partial charge in [-0.2, -0.15) is 0 Å². The van der Waals surface area contributed by atoms with Gasteiger partial charge in [0.15, 0.2) is 0 Å². The number of fused-ring (bicyclic) bond motifs is 1. The van der Waals surface area contributed by atoms with Gasteiger partial charge in [0, 0.05) is 36.4 Å². The smallest absolute Gasteiger partial charge is 0.335 e. The van der Waals surface area contributed by atoms with Crippen molar-refractivity contribution < 1.29 is 4.79 Å². The van der Waals surface area contributed by atoms with E-state index in [1.54, 1.807) is 37.4 Å². The van der Waals surface area contributed by atoms with Crippen LogP contribution in [0.25, 0.3) is 16.7 Å². The maximum absolute atomic E-state index is 12.9. The number of aryl methyl sites for hydroxylation is 1.